The molecular formula is C16H28N4O. The summed E-state index contributed by atoms with van der Waals surface area (Å²) in [6.45, 7) is 8.72. The number of nitrogens with zero attached hydrogens (tertiary/aromatic N) is 3. The van der Waals surface area contributed by atoms with Crippen LogP contribution in [-0.4, -0.2) is 46.8 Å². The third kappa shape index (κ3) is 3.28. The first-order chi connectivity index (χ1) is 10.1. The van der Waals surface area contributed by atoms with Gasteiger partial charge >= 0.3 is 0 Å². The summed E-state index contributed by atoms with van der Waals surface area (Å²) >= 11 is 0. The number of carbonyl (C=O) groups is 1. The number of aryl methyl sites for hydroxylation is 2. The van der Waals surface area contributed by atoms with E-state index in [9.17, 15) is 4.79 Å². The first-order valence-corrected chi connectivity index (χ1v) is 8.17. The van der Waals surface area contributed by atoms with Crippen LogP contribution < -0.4 is 5.32 Å². The molecule has 0 aliphatic carbocycles. The van der Waals surface area contributed by atoms with Crippen molar-refractivity contribution >= 4 is 5.91 Å². The Balaban J connectivity index is 2.15. The second-order valence-corrected chi connectivity index (χ2v) is 5.79. The number of hydrogen-bond donors (Lipinski definition) is 1. The smallest absolute Gasteiger partial charge is 0.272 e. The van der Waals surface area contributed by atoms with Gasteiger partial charge in [-0.05, 0) is 38.8 Å². The first kappa shape index (κ1) is 16.0. The minimum atomic E-state index is 0.136. The number of likely N-dealkylation sites (tertiary alicyclic amines) is 1. The summed E-state index contributed by atoms with van der Waals surface area (Å²) in [5.41, 5.74) is 1.74. The minimum Gasteiger partial charge on any atom is -0.337 e. The number of hydrogen-bond acceptors (Lipinski definition) is 3. The number of carbonyl (C=O) groups excluding carboxylic acids is 1. The third-order valence-corrected chi connectivity index (χ3v) is 4.63. The predicted octanol–water partition coefficient (Wildman–Crippen LogP) is 1.93. The molecule has 2 rings (SSSR count). The molecule has 1 fully saturated rings. The molecule has 5 heteroatoms. The van der Waals surface area contributed by atoms with Gasteiger partial charge in [0.05, 0.1) is 5.69 Å². The van der Waals surface area contributed by atoms with Crippen LogP contribution in [0.15, 0.2) is 6.07 Å². The zero-order chi connectivity index (χ0) is 15.4. The predicted molar refractivity (Wildman–Crippen MR) is 84.4 cm³/mol. The quantitative estimate of drug-likeness (QED) is 0.902. The van der Waals surface area contributed by atoms with Crippen LogP contribution in [0.2, 0.25) is 0 Å². The van der Waals surface area contributed by atoms with Gasteiger partial charge in [0.25, 0.3) is 5.91 Å². The molecule has 2 heterocycles. The molecule has 2 atom stereocenters. The highest BCUT2D eigenvalue weighted by atomic mass is 16.2. The van der Waals surface area contributed by atoms with Crippen molar-refractivity contribution in [2.24, 2.45) is 5.92 Å². The SMILES string of the molecule is CCc1cc(C(=O)N2CCC(NC)C(CC)C2)n(CC)n1. The molecule has 1 aliphatic rings. The molecule has 21 heavy (non-hydrogen) atoms. The average Bonchev–Trinajstić information content (AvgIpc) is 2.96. The fourth-order valence-electron chi connectivity index (χ4n) is 3.23. The van der Waals surface area contributed by atoms with E-state index in [-0.39, 0.29) is 5.91 Å². The molecule has 1 aromatic heterocycles. The fourth-order valence-corrected chi connectivity index (χ4v) is 3.23. The van der Waals surface area contributed by atoms with E-state index in [0.717, 1.165) is 50.3 Å². The maximum absolute atomic E-state index is 12.8. The van der Waals surface area contributed by atoms with Crippen LogP contribution in [0.3, 0.4) is 0 Å². The lowest BCUT2D eigenvalue weighted by molar-refractivity contribution is 0.0619. The van der Waals surface area contributed by atoms with E-state index in [4.69, 9.17) is 0 Å². The number of nitrogens with one attached hydrogen (secondary N) is 1. The van der Waals surface area contributed by atoms with Crippen LogP contribution in [-0.2, 0) is 13.0 Å². The summed E-state index contributed by atoms with van der Waals surface area (Å²) in [7, 11) is 2.02. The largest absolute Gasteiger partial charge is 0.337 e. The Labute approximate surface area is 127 Å². The van der Waals surface area contributed by atoms with E-state index < -0.39 is 0 Å². The van der Waals surface area contributed by atoms with E-state index in [1.165, 1.54) is 0 Å². The Bertz CT molecular complexity index is 483. The van der Waals surface area contributed by atoms with Gasteiger partial charge in [-0.3, -0.25) is 9.48 Å². The van der Waals surface area contributed by atoms with Crippen molar-refractivity contribution in [2.75, 3.05) is 20.1 Å². The molecule has 1 saturated heterocycles. The Kier molecular flexibility index (Phi) is 5.39. The van der Waals surface area contributed by atoms with Gasteiger partial charge in [-0.25, -0.2) is 0 Å². The highest BCUT2D eigenvalue weighted by Crippen LogP contribution is 2.22. The summed E-state index contributed by atoms with van der Waals surface area (Å²) < 4.78 is 1.84. The van der Waals surface area contributed by atoms with Gasteiger partial charge in [-0.15, -0.1) is 0 Å². The number of rotatable bonds is 5. The number of amides is 1. The van der Waals surface area contributed by atoms with Gasteiger partial charge in [0.2, 0.25) is 0 Å². The molecule has 5 nitrogen and oxygen atoms in total. The zero-order valence-electron chi connectivity index (χ0n) is 13.7. The summed E-state index contributed by atoms with van der Waals surface area (Å²) in [6, 6.07) is 2.48. The molecule has 0 aromatic carbocycles. The Morgan fingerprint density at radius 2 is 2.19 bits per heavy atom. The second kappa shape index (κ2) is 7.07. The highest BCUT2D eigenvalue weighted by molar-refractivity contribution is 5.92. The molecule has 1 N–H and O–H groups in total. The molecule has 118 valence electrons. The van der Waals surface area contributed by atoms with E-state index in [1.807, 2.05) is 29.6 Å². The van der Waals surface area contributed by atoms with Crippen molar-refractivity contribution in [3.8, 4) is 0 Å². The van der Waals surface area contributed by atoms with Crippen molar-refractivity contribution in [3.63, 3.8) is 0 Å². The molecule has 1 aliphatic heterocycles. The number of aromatic nitrogens is 2. The molecule has 2 unspecified atom stereocenters. The van der Waals surface area contributed by atoms with Crippen LogP contribution in [0, 0.1) is 5.92 Å². The summed E-state index contributed by atoms with van der Waals surface area (Å²) in [5.74, 6) is 0.674. The molecule has 0 radical (unpaired) electrons. The van der Waals surface area contributed by atoms with Crippen molar-refractivity contribution in [1.82, 2.24) is 20.0 Å². The number of piperidine rings is 1. The van der Waals surface area contributed by atoms with Gasteiger partial charge in [-0.2, -0.15) is 5.10 Å². The Hall–Kier alpha value is -1.36. The van der Waals surface area contributed by atoms with Crippen LogP contribution in [0.4, 0.5) is 0 Å². The van der Waals surface area contributed by atoms with Gasteiger partial charge in [-0.1, -0.05) is 20.3 Å². The van der Waals surface area contributed by atoms with Crippen molar-refractivity contribution < 1.29 is 4.79 Å². The van der Waals surface area contributed by atoms with E-state index >= 15 is 0 Å². The fraction of sp³-hybridized carbons (Fsp3) is 0.750. The topological polar surface area (TPSA) is 50.2 Å². The van der Waals surface area contributed by atoms with Crippen molar-refractivity contribution in [2.45, 2.75) is 52.6 Å². The Morgan fingerprint density at radius 1 is 1.43 bits per heavy atom. The standard InChI is InChI=1S/C16H28N4O/c1-5-12-11-19(9-8-14(12)17-4)16(21)15-10-13(6-2)18-20(15)7-3/h10,12,14,17H,5-9,11H2,1-4H3. The van der Waals surface area contributed by atoms with Gasteiger partial charge in [0.15, 0.2) is 0 Å². The van der Waals surface area contributed by atoms with E-state index in [1.54, 1.807) is 0 Å². The zero-order valence-corrected chi connectivity index (χ0v) is 13.7. The summed E-state index contributed by atoms with van der Waals surface area (Å²) in [6.07, 6.45) is 3.00. The monoisotopic (exact) mass is 292 g/mol. The van der Waals surface area contributed by atoms with E-state index in [0.29, 0.717) is 12.0 Å². The van der Waals surface area contributed by atoms with Crippen LogP contribution in [0.5, 0.6) is 0 Å². The summed E-state index contributed by atoms with van der Waals surface area (Å²) in [5, 5.41) is 7.87. The molecule has 1 amide bonds. The van der Waals surface area contributed by atoms with Gasteiger partial charge in [0.1, 0.15) is 5.69 Å². The molecule has 0 spiro atoms. The van der Waals surface area contributed by atoms with Crippen LogP contribution >= 0.6 is 0 Å². The maximum Gasteiger partial charge on any atom is 0.272 e. The van der Waals surface area contributed by atoms with Crippen molar-refractivity contribution in [3.05, 3.63) is 17.5 Å². The average molecular weight is 292 g/mol. The molecular weight excluding hydrogens is 264 g/mol. The summed E-state index contributed by atoms with van der Waals surface area (Å²) in [4.78, 5) is 14.8. The van der Waals surface area contributed by atoms with E-state index in [2.05, 4.69) is 24.3 Å². The van der Waals surface area contributed by atoms with Crippen LogP contribution in [0.1, 0.15) is 49.8 Å². The lowest BCUT2D eigenvalue weighted by atomic mass is 9.90. The molecule has 0 saturated carbocycles. The molecule has 1 aromatic rings. The third-order valence-electron chi connectivity index (χ3n) is 4.63. The highest BCUT2D eigenvalue weighted by Gasteiger charge is 2.31. The first-order valence-electron chi connectivity index (χ1n) is 8.17. The normalized spacial score (nSPS) is 22.6. The minimum absolute atomic E-state index is 0.136. The lowest BCUT2D eigenvalue weighted by Gasteiger charge is -2.38. The Morgan fingerprint density at radius 3 is 2.76 bits per heavy atom. The van der Waals surface area contributed by atoms with Crippen LogP contribution in [0.25, 0.3) is 0 Å². The van der Waals surface area contributed by atoms with Gasteiger partial charge in [0, 0.05) is 25.7 Å². The van der Waals surface area contributed by atoms with Gasteiger partial charge < -0.3 is 10.2 Å². The van der Waals surface area contributed by atoms with Crippen molar-refractivity contribution in [1.29, 1.82) is 0 Å². The lowest BCUT2D eigenvalue weighted by Crippen LogP contribution is -2.50. The second-order valence-electron chi connectivity index (χ2n) is 5.79. The maximum atomic E-state index is 12.8. The molecule has 0 bridgehead atoms.